The zero-order valence-corrected chi connectivity index (χ0v) is 8.00. The molecule has 0 spiro atoms. The number of amides is 1. The molecule has 0 unspecified atom stereocenters. The van der Waals surface area contributed by atoms with Gasteiger partial charge in [0.25, 0.3) is 5.91 Å². The van der Waals surface area contributed by atoms with Crippen molar-refractivity contribution in [2.45, 2.75) is 6.92 Å². The lowest BCUT2D eigenvalue weighted by molar-refractivity contribution is -0.122. The van der Waals surface area contributed by atoms with Crippen molar-refractivity contribution < 1.29 is 9.63 Å². The van der Waals surface area contributed by atoms with Crippen LogP contribution in [0.1, 0.15) is 11.8 Å². The van der Waals surface area contributed by atoms with Crippen LogP contribution in [0.5, 0.6) is 0 Å². The van der Waals surface area contributed by atoms with E-state index in [0.29, 0.717) is 0 Å². The highest BCUT2D eigenvalue weighted by atomic mass is 32.1. The largest absolute Gasteiger partial charge is 0.385 e. The lowest BCUT2D eigenvalue weighted by Crippen LogP contribution is -2.16. The van der Waals surface area contributed by atoms with Gasteiger partial charge in [0.15, 0.2) is 6.61 Å². The van der Waals surface area contributed by atoms with Crippen LogP contribution in [0, 0.1) is 0 Å². The van der Waals surface area contributed by atoms with Crippen LogP contribution in [-0.2, 0) is 9.63 Å². The maximum atomic E-state index is 10.3. The van der Waals surface area contributed by atoms with Gasteiger partial charge in [0.1, 0.15) is 0 Å². The van der Waals surface area contributed by atoms with Crippen LogP contribution >= 0.6 is 11.3 Å². The number of rotatable bonds is 4. The third kappa shape index (κ3) is 3.25. The van der Waals surface area contributed by atoms with Crippen molar-refractivity contribution in [2.24, 2.45) is 10.9 Å². The summed E-state index contributed by atoms with van der Waals surface area (Å²) in [5.74, 6) is -0.525. The Kier molecular flexibility index (Phi) is 3.45. The first-order valence-electron chi connectivity index (χ1n) is 3.69. The molecule has 2 N–H and O–H groups in total. The minimum absolute atomic E-state index is 0.178. The topological polar surface area (TPSA) is 64.7 Å². The molecule has 0 aliphatic carbocycles. The number of carbonyl (C=O) groups is 1. The van der Waals surface area contributed by atoms with E-state index in [-0.39, 0.29) is 6.61 Å². The van der Waals surface area contributed by atoms with Crippen LogP contribution in [0.25, 0.3) is 0 Å². The van der Waals surface area contributed by atoms with E-state index in [0.717, 1.165) is 10.6 Å². The normalized spacial score (nSPS) is 11.3. The maximum absolute atomic E-state index is 10.3. The van der Waals surface area contributed by atoms with Crippen molar-refractivity contribution >= 4 is 23.0 Å². The van der Waals surface area contributed by atoms with Crippen molar-refractivity contribution in [3.05, 3.63) is 22.4 Å². The summed E-state index contributed by atoms with van der Waals surface area (Å²) in [7, 11) is 0. The van der Waals surface area contributed by atoms with E-state index in [9.17, 15) is 4.79 Å². The summed E-state index contributed by atoms with van der Waals surface area (Å²) >= 11 is 1.56. The summed E-state index contributed by atoms with van der Waals surface area (Å²) in [6.07, 6.45) is 0. The smallest absolute Gasteiger partial charge is 0.258 e. The van der Waals surface area contributed by atoms with Crippen LogP contribution in [0.2, 0.25) is 0 Å². The van der Waals surface area contributed by atoms with E-state index in [4.69, 9.17) is 10.6 Å². The molecule has 1 aromatic rings. The minimum Gasteiger partial charge on any atom is -0.385 e. The lowest BCUT2D eigenvalue weighted by atomic mass is 10.3. The quantitative estimate of drug-likeness (QED) is 0.578. The Morgan fingerprint density at radius 2 is 2.54 bits per heavy atom. The van der Waals surface area contributed by atoms with Crippen molar-refractivity contribution in [1.29, 1.82) is 0 Å². The zero-order valence-electron chi connectivity index (χ0n) is 7.19. The highest BCUT2D eigenvalue weighted by Crippen LogP contribution is 2.09. The molecule has 13 heavy (non-hydrogen) atoms. The first-order chi connectivity index (χ1) is 6.20. The second kappa shape index (κ2) is 4.61. The van der Waals surface area contributed by atoms with E-state index in [1.165, 1.54) is 0 Å². The number of primary amides is 1. The second-order valence-corrected chi connectivity index (χ2v) is 3.34. The van der Waals surface area contributed by atoms with Crippen molar-refractivity contribution in [1.82, 2.24) is 0 Å². The van der Waals surface area contributed by atoms with Gasteiger partial charge in [0.05, 0.1) is 10.6 Å². The molecule has 1 rings (SSSR count). The fourth-order valence-electron chi connectivity index (χ4n) is 0.722. The number of nitrogens with zero attached hydrogens (tertiary/aromatic N) is 1. The summed E-state index contributed by atoms with van der Waals surface area (Å²) in [5.41, 5.74) is 5.61. The number of nitrogens with two attached hydrogens (primary N) is 1. The van der Waals surface area contributed by atoms with Gasteiger partial charge < -0.3 is 10.6 Å². The zero-order chi connectivity index (χ0) is 9.68. The number of carbonyl (C=O) groups excluding carboxylic acids is 1. The molecule has 5 heteroatoms. The van der Waals surface area contributed by atoms with Gasteiger partial charge in [-0.25, -0.2) is 0 Å². The van der Waals surface area contributed by atoms with Gasteiger partial charge in [-0.3, -0.25) is 4.79 Å². The molecule has 1 heterocycles. The highest BCUT2D eigenvalue weighted by molar-refractivity contribution is 7.12. The Balaban J connectivity index is 2.48. The monoisotopic (exact) mass is 198 g/mol. The molecule has 70 valence electrons. The predicted molar refractivity (Wildman–Crippen MR) is 51.7 cm³/mol. The van der Waals surface area contributed by atoms with E-state index in [1.54, 1.807) is 11.3 Å². The molecular weight excluding hydrogens is 188 g/mol. The second-order valence-electron chi connectivity index (χ2n) is 2.39. The lowest BCUT2D eigenvalue weighted by Gasteiger charge is -1.96. The molecular formula is C8H10N2O2S. The fraction of sp³-hybridized carbons (Fsp3) is 0.250. The van der Waals surface area contributed by atoms with E-state index in [1.807, 2.05) is 24.4 Å². The number of hydrogen-bond donors (Lipinski definition) is 1. The molecule has 0 aliphatic heterocycles. The molecule has 0 fully saturated rings. The first kappa shape index (κ1) is 9.73. The first-order valence-corrected chi connectivity index (χ1v) is 4.57. The van der Waals surface area contributed by atoms with E-state index < -0.39 is 5.91 Å². The molecule has 0 saturated heterocycles. The van der Waals surface area contributed by atoms with Crippen molar-refractivity contribution in [3.63, 3.8) is 0 Å². The van der Waals surface area contributed by atoms with Crippen LogP contribution in [0.4, 0.5) is 0 Å². The van der Waals surface area contributed by atoms with Crippen LogP contribution < -0.4 is 5.73 Å². The molecule has 0 atom stereocenters. The number of hydrogen-bond acceptors (Lipinski definition) is 4. The van der Waals surface area contributed by atoms with Gasteiger partial charge in [-0.2, -0.15) is 0 Å². The third-order valence-corrected chi connectivity index (χ3v) is 2.26. The van der Waals surface area contributed by atoms with Crippen molar-refractivity contribution in [3.8, 4) is 0 Å². The van der Waals surface area contributed by atoms with E-state index >= 15 is 0 Å². The maximum Gasteiger partial charge on any atom is 0.258 e. The Morgan fingerprint density at radius 3 is 3.08 bits per heavy atom. The minimum atomic E-state index is -0.525. The molecule has 4 nitrogen and oxygen atoms in total. The summed E-state index contributed by atoms with van der Waals surface area (Å²) in [6.45, 7) is 1.63. The molecule has 0 aliphatic rings. The predicted octanol–water partition coefficient (Wildman–Crippen LogP) is 0.974. The summed E-state index contributed by atoms with van der Waals surface area (Å²) in [4.78, 5) is 16.0. The van der Waals surface area contributed by atoms with Gasteiger partial charge in [0, 0.05) is 0 Å². The molecule has 1 amide bonds. The standard InChI is InChI=1S/C8H10N2O2S/c1-6(7-3-2-4-13-7)10-12-5-8(9)11/h2-4H,5H2,1H3,(H2,9,11)/b10-6+. The molecule has 0 aromatic carbocycles. The summed E-state index contributed by atoms with van der Waals surface area (Å²) in [6, 6.07) is 3.85. The van der Waals surface area contributed by atoms with Crippen LogP contribution in [-0.4, -0.2) is 18.2 Å². The molecule has 0 bridgehead atoms. The van der Waals surface area contributed by atoms with Gasteiger partial charge in [-0.15, -0.1) is 11.3 Å². The fourth-order valence-corrected chi connectivity index (χ4v) is 1.39. The number of thiophene rings is 1. The third-order valence-electron chi connectivity index (χ3n) is 1.29. The summed E-state index contributed by atoms with van der Waals surface area (Å²) < 4.78 is 0. The Labute approximate surface area is 80.0 Å². The molecule has 0 radical (unpaired) electrons. The number of oxime groups is 1. The van der Waals surface area contributed by atoms with Crippen molar-refractivity contribution in [2.75, 3.05) is 6.61 Å². The van der Waals surface area contributed by atoms with Gasteiger partial charge in [-0.05, 0) is 18.4 Å². The Hall–Kier alpha value is -1.36. The van der Waals surface area contributed by atoms with Crippen LogP contribution in [0.15, 0.2) is 22.7 Å². The Morgan fingerprint density at radius 1 is 1.77 bits per heavy atom. The highest BCUT2D eigenvalue weighted by Gasteiger charge is 1.98. The van der Waals surface area contributed by atoms with Crippen LogP contribution in [0.3, 0.4) is 0 Å². The van der Waals surface area contributed by atoms with E-state index in [2.05, 4.69) is 5.16 Å². The average Bonchev–Trinajstić information content (AvgIpc) is 2.55. The Bertz CT molecular complexity index is 306. The SMILES string of the molecule is C/C(=N\OCC(N)=O)c1cccs1. The molecule has 0 saturated carbocycles. The average molecular weight is 198 g/mol. The summed E-state index contributed by atoms with van der Waals surface area (Å²) in [5, 5.41) is 5.68. The molecule has 1 aromatic heterocycles. The van der Waals surface area contributed by atoms with Gasteiger partial charge in [-0.1, -0.05) is 11.2 Å². The van der Waals surface area contributed by atoms with Gasteiger partial charge in [0.2, 0.25) is 0 Å². The van der Waals surface area contributed by atoms with Gasteiger partial charge >= 0.3 is 0 Å².